The zero-order valence-corrected chi connectivity index (χ0v) is 18.4. The molecule has 6 nitrogen and oxygen atoms in total. The summed E-state index contributed by atoms with van der Waals surface area (Å²) in [6, 6.07) is 8.83. The van der Waals surface area contributed by atoms with Crippen molar-refractivity contribution in [3.05, 3.63) is 64.7 Å². The molecule has 2 spiro atoms. The highest BCUT2D eigenvalue weighted by atomic mass is 19.1. The second-order valence-electron chi connectivity index (χ2n) is 9.21. The second kappa shape index (κ2) is 7.59. The fourth-order valence-corrected chi connectivity index (χ4v) is 5.65. The molecule has 0 bridgehead atoms. The highest BCUT2D eigenvalue weighted by Crippen LogP contribution is 2.61. The van der Waals surface area contributed by atoms with Crippen LogP contribution in [0.1, 0.15) is 59.8 Å². The third kappa shape index (κ3) is 3.18. The van der Waals surface area contributed by atoms with Crippen molar-refractivity contribution < 1.29 is 13.9 Å². The number of ketones is 1. The molecule has 1 aromatic carbocycles. The molecular weight excluding hydrogens is 407 g/mol. The molecule has 32 heavy (non-hydrogen) atoms. The molecule has 1 fully saturated rings. The Morgan fingerprint density at radius 3 is 2.62 bits per heavy atom. The number of nitrogens with zero attached hydrogens (tertiary/aromatic N) is 3. The number of Topliss-reactive ketones (excluding diaryl/α,β-unsaturated/α-hetero) is 1. The fraction of sp³-hybridized carbons (Fsp3) is 0.440. The first kappa shape index (κ1) is 20.9. The topological polar surface area (TPSA) is 89.9 Å². The molecule has 2 aromatic rings. The van der Waals surface area contributed by atoms with Crippen LogP contribution < -0.4 is 5.73 Å². The van der Waals surface area contributed by atoms with E-state index in [0.29, 0.717) is 5.84 Å². The summed E-state index contributed by atoms with van der Waals surface area (Å²) in [6.45, 7) is 1.91. The van der Waals surface area contributed by atoms with Crippen molar-refractivity contribution in [3.8, 4) is 0 Å². The van der Waals surface area contributed by atoms with Gasteiger partial charge in [0.05, 0.1) is 18.0 Å². The number of methoxy groups -OCH3 is 1. The molecule has 1 unspecified atom stereocenters. The fourth-order valence-electron chi connectivity index (χ4n) is 5.65. The monoisotopic (exact) mass is 434 g/mol. The van der Waals surface area contributed by atoms with Crippen LogP contribution in [0.5, 0.6) is 0 Å². The average molecular weight is 435 g/mol. The summed E-state index contributed by atoms with van der Waals surface area (Å²) in [7, 11) is 1.77. The summed E-state index contributed by atoms with van der Waals surface area (Å²) in [5.41, 5.74) is 9.53. The number of pyridine rings is 1. The van der Waals surface area contributed by atoms with E-state index in [1.165, 1.54) is 17.7 Å². The molecule has 0 amide bonds. The first-order chi connectivity index (χ1) is 15.4. The largest absolute Gasteiger partial charge is 0.382 e. The van der Waals surface area contributed by atoms with Crippen molar-refractivity contribution in [1.82, 2.24) is 4.98 Å². The van der Waals surface area contributed by atoms with Crippen LogP contribution in [0.3, 0.4) is 0 Å². The van der Waals surface area contributed by atoms with Gasteiger partial charge in [-0.05, 0) is 62.3 Å². The van der Waals surface area contributed by atoms with E-state index in [1.807, 2.05) is 13.0 Å². The Labute approximate surface area is 186 Å². The number of carbonyl (C=O) groups excluding carboxylic acids is 1. The van der Waals surface area contributed by atoms with Crippen LogP contribution in [0.2, 0.25) is 0 Å². The van der Waals surface area contributed by atoms with E-state index in [-0.39, 0.29) is 29.4 Å². The van der Waals surface area contributed by atoms with E-state index in [2.05, 4.69) is 17.1 Å². The summed E-state index contributed by atoms with van der Waals surface area (Å²) in [4.78, 5) is 26.7. The van der Waals surface area contributed by atoms with Gasteiger partial charge < -0.3 is 10.5 Å². The molecule has 0 radical (unpaired) electrons. The predicted molar refractivity (Wildman–Crippen MR) is 120 cm³/mol. The zero-order valence-electron chi connectivity index (χ0n) is 18.4. The molecule has 1 saturated carbocycles. The number of amidine groups is 1. The van der Waals surface area contributed by atoms with E-state index >= 15 is 0 Å². The third-order valence-electron chi connectivity index (χ3n) is 7.40. The average Bonchev–Trinajstić information content (AvgIpc) is 3.23. The molecule has 1 aliphatic heterocycles. The van der Waals surface area contributed by atoms with Gasteiger partial charge in [-0.1, -0.05) is 18.2 Å². The van der Waals surface area contributed by atoms with Crippen LogP contribution in [-0.4, -0.2) is 35.5 Å². The Morgan fingerprint density at radius 2 is 2.00 bits per heavy atom. The molecule has 2 N–H and O–H groups in total. The van der Waals surface area contributed by atoms with Gasteiger partial charge in [0.25, 0.3) is 0 Å². The predicted octanol–water partition coefficient (Wildman–Crippen LogP) is 3.76. The number of fused-ring (bicyclic) bond motifs is 3. The number of nitrogens with two attached hydrogens (primary N) is 1. The highest BCUT2D eigenvalue weighted by molar-refractivity contribution is 6.41. The van der Waals surface area contributed by atoms with Gasteiger partial charge in [-0.2, -0.15) is 0 Å². The lowest BCUT2D eigenvalue weighted by Crippen LogP contribution is -2.43. The van der Waals surface area contributed by atoms with Crippen molar-refractivity contribution in [2.75, 3.05) is 7.11 Å². The lowest BCUT2D eigenvalue weighted by atomic mass is 9.65. The van der Waals surface area contributed by atoms with Crippen molar-refractivity contribution in [2.45, 2.75) is 57.2 Å². The molecule has 7 heteroatoms. The normalized spacial score (nSPS) is 28.7. The number of carbonyl (C=O) groups is 1. The van der Waals surface area contributed by atoms with E-state index in [0.717, 1.165) is 55.1 Å². The Hall–Kier alpha value is -2.93. The molecular formula is C25H27FN4O2. The first-order valence-electron chi connectivity index (χ1n) is 11.1. The molecule has 2 aliphatic carbocycles. The quantitative estimate of drug-likeness (QED) is 0.742. The van der Waals surface area contributed by atoms with Gasteiger partial charge in [-0.15, -0.1) is 0 Å². The van der Waals surface area contributed by atoms with Crippen LogP contribution in [-0.2, 0) is 23.2 Å². The number of benzene rings is 1. The van der Waals surface area contributed by atoms with Gasteiger partial charge in [0.15, 0.2) is 11.4 Å². The minimum absolute atomic E-state index is 0.131. The van der Waals surface area contributed by atoms with E-state index in [9.17, 15) is 9.18 Å². The Morgan fingerprint density at radius 1 is 1.22 bits per heavy atom. The van der Waals surface area contributed by atoms with E-state index in [1.54, 1.807) is 7.11 Å². The number of aliphatic imine (C=N–C) groups is 2. The second-order valence-corrected chi connectivity index (χ2v) is 9.21. The summed E-state index contributed by atoms with van der Waals surface area (Å²) in [5.74, 6) is -0.121. The number of aromatic nitrogens is 1. The standard InChI is InChI=1S/C25H27FN4O2/c1-15-23(27)30-25(29-15)20-11-16(12-22(31)21-6-5-18(26)14-28-21)3-4-17(20)13-24(25)9-7-19(32-2)8-10-24/h3-6,11,14,19H,7-10,12-13H2,1-2H3,(H2,27,30). The minimum Gasteiger partial charge on any atom is -0.382 e. The maximum Gasteiger partial charge on any atom is 0.185 e. The molecule has 2 heterocycles. The van der Waals surface area contributed by atoms with E-state index in [4.69, 9.17) is 20.5 Å². The van der Waals surface area contributed by atoms with Crippen LogP contribution in [0.15, 0.2) is 46.5 Å². The number of ether oxygens (including phenoxy) is 1. The van der Waals surface area contributed by atoms with Gasteiger partial charge >= 0.3 is 0 Å². The molecule has 1 aromatic heterocycles. The van der Waals surface area contributed by atoms with Crippen LogP contribution in [0.25, 0.3) is 0 Å². The lowest BCUT2D eigenvalue weighted by molar-refractivity contribution is -0.000385. The van der Waals surface area contributed by atoms with Crippen LogP contribution in [0, 0.1) is 11.2 Å². The molecule has 1 atom stereocenters. The van der Waals surface area contributed by atoms with Gasteiger partial charge in [-0.25, -0.2) is 9.38 Å². The number of hydrogen-bond acceptors (Lipinski definition) is 6. The van der Waals surface area contributed by atoms with Crippen molar-refractivity contribution in [1.29, 1.82) is 0 Å². The molecule has 0 saturated heterocycles. The van der Waals surface area contributed by atoms with Crippen LogP contribution in [0.4, 0.5) is 4.39 Å². The van der Waals surface area contributed by atoms with Gasteiger partial charge in [-0.3, -0.25) is 14.8 Å². The summed E-state index contributed by atoms with van der Waals surface area (Å²) < 4.78 is 18.8. The summed E-state index contributed by atoms with van der Waals surface area (Å²) in [6.07, 6.45) is 6.27. The maximum atomic E-state index is 13.2. The molecule has 3 aliphatic rings. The van der Waals surface area contributed by atoms with E-state index < -0.39 is 11.5 Å². The summed E-state index contributed by atoms with van der Waals surface area (Å²) in [5, 5.41) is 0. The minimum atomic E-state index is -0.734. The smallest absolute Gasteiger partial charge is 0.185 e. The number of rotatable bonds is 4. The zero-order chi connectivity index (χ0) is 22.5. The van der Waals surface area contributed by atoms with Crippen molar-refractivity contribution in [3.63, 3.8) is 0 Å². The highest BCUT2D eigenvalue weighted by Gasteiger charge is 2.60. The third-order valence-corrected chi connectivity index (χ3v) is 7.40. The summed E-state index contributed by atoms with van der Waals surface area (Å²) >= 11 is 0. The van der Waals surface area contributed by atoms with Gasteiger partial charge in [0.2, 0.25) is 0 Å². The first-order valence-corrected chi connectivity index (χ1v) is 11.1. The van der Waals surface area contributed by atoms with Crippen molar-refractivity contribution >= 4 is 17.3 Å². The Balaban J connectivity index is 1.51. The number of halogens is 1. The lowest BCUT2D eigenvalue weighted by Gasteiger charge is -2.44. The number of hydrogen-bond donors (Lipinski definition) is 1. The molecule has 5 rings (SSSR count). The van der Waals surface area contributed by atoms with Gasteiger partial charge in [0.1, 0.15) is 17.3 Å². The molecule has 166 valence electrons. The van der Waals surface area contributed by atoms with Crippen LogP contribution >= 0.6 is 0 Å². The van der Waals surface area contributed by atoms with Crippen molar-refractivity contribution in [2.24, 2.45) is 21.1 Å². The van der Waals surface area contributed by atoms with Gasteiger partial charge in [0, 0.05) is 24.5 Å². The Bertz CT molecular complexity index is 1110. The Kier molecular flexibility index (Phi) is 4.97. The SMILES string of the molecule is COC1CCC2(CC1)Cc1ccc(CC(=O)c3ccc(F)cn3)cc1C21N=C(C)C(N)=N1. The maximum absolute atomic E-state index is 13.2.